The molecule has 0 radical (unpaired) electrons. The molecule has 2 rings (SSSR count). The van der Waals surface area contributed by atoms with Crippen LogP contribution in [-0.2, 0) is 9.53 Å². The van der Waals surface area contributed by atoms with E-state index in [-0.39, 0.29) is 18.1 Å². The van der Waals surface area contributed by atoms with Crippen molar-refractivity contribution in [1.82, 2.24) is 14.7 Å². The van der Waals surface area contributed by atoms with Crippen LogP contribution in [0.4, 0.5) is 0 Å². The molecule has 5 heteroatoms. The topological polar surface area (TPSA) is 36.0 Å². The molecule has 1 amide bonds. The molecule has 0 aromatic rings. The van der Waals surface area contributed by atoms with Crippen LogP contribution in [0, 0.1) is 5.92 Å². The van der Waals surface area contributed by atoms with Gasteiger partial charge in [0, 0.05) is 45.8 Å². The molecule has 0 bridgehead atoms. The van der Waals surface area contributed by atoms with Crippen LogP contribution >= 0.6 is 0 Å². The Kier molecular flexibility index (Phi) is 6.02. The summed E-state index contributed by atoms with van der Waals surface area (Å²) in [5, 5.41) is 0. The minimum atomic E-state index is 0.153. The first-order valence-electron chi connectivity index (χ1n) is 8.32. The fraction of sp³-hybridized carbons (Fsp3) is 0.938. The van der Waals surface area contributed by atoms with Crippen molar-refractivity contribution in [3.05, 3.63) is 0 Å². The van der Waals surface area contributed by atoms with E-state index in [1.54, 1.807) is 0 Å². The predicted octanol–water partition coefficient (Wildman–Crippen LogP) is 0.896. The number of morpholine rings is 1. The SMILES string of the molecule is CC(C)CN1CCN(CC(=O)N2CC(C)OC(C)C2)CC1. The lowest BCUT2D eigenvalue weighted by Gasteiger charge is -2.38. The molecule has 0 N–H and O–H groups in total. The Morgan fingerprint density at radius 1 is 1.05 bits per heavy atom. The Morgan fingerprint density at radius 2 is 1.57 bits per heavy atom. The van der Waals surface area contributed by atoms with Crippen molar-refractivity contribution >= 4 is 5.91 Å². The number of carbonyl (C=O) groups is 1. The normalized spacial score (nSPS) is 29.1. The Hall–Kier alpha value is -0.650. The van der Waals surface area contributed by atoms with Crippen LogP contribution in [0.1, 0.15) is 27.7 Å². The van der Waals surface area contributed by atoms with Gasteiger partial charge in [-0.2, -0.15) is 0 Å². The van der Waals surface area contributed by atoms with Gasteiger partial charge in [-0.25, -0.2) is 0 Å². The van der Waals surface area contributed by atoms with E-state index in [0.717, 1.165) is 45.2 Å². The quantitative estimate of drug-likeness (QED) is 0.772. The van der Waals surface area contributed by atoms with Gasteiger partial charge in [-0.3, -0.25) is 9.69 Å². The van der Waals surface area contributed by atoms with Crippen molar-refractivity contribution in [2.45, 2.75) is 39.9 Å². The van der Waals surface area contributed by atoms with Gasteiger partial charge in [0.1, 0.15) is 0 Å². The number of hydrogen-bond acceptors (Lipinski definition) is 4. The number of ether oxygens (including phenoxy) is 1. The first-order chi connectivity index (χ1) is 9.94. The van der Waals surface area contributed by atoms with Gasteiger partial charge in [0.2, 0.25) is 5.91 Å². The second-order valence-corrected chi connectivity index (χ2v) is 7.03. The van der Waals surface area contributed by atoms with E-state index >= 15 is 0 Å². The highest BCUT2D eigenvalue weighted by molar-refractivity contribution is 5.78. The second kappa shape index (κ2) is 7.56. The van der Waals surface area contributed by atoms with E-state index in [4.69, 9.17) is 4.74 Å². The van der Waals surface area contributed by atoms with Gasteiger partial charge in [-0.15, -0.1) is 0 Å². The summed E-state index contributed by atoms with van der Waals surface area (Å²) in [6.45, 7) is 16.0. The van der Waals surface area contributed by atoms with Crippen LogP contribution in [0.3, 0.4) is 0 Å². The van der Waals surface area contributed by atoms with Gasteiger partial charge < -0.3 is 14.5 Å². The highest BCUT2D eigenvalue weighted by Crippen LogP contribution is 2.12. The van der Waals surface area contributed by atoms with Crippen LogP contribution in [0.5, 0.6) is 0 Å². The highest BCUT2D eigenvalue weighted by Gasteiger charge is 2.27. The molecule has 2 atom stereocenters. The molecule has 5 nitrogen and oxygen atoms in total. The second-order valence-electron chi connectivity index (χ2n) is 7.03. The Bertz CT molecular complexity index is 330. The zero-order valence-electron chi connectivity index (χ0n) is 14.0. The Labute approximate surface area is 129 Å². The summed E-state index contributed by atoms with van der Waals surface area (Å²) in [7, 11) is 0. The molecule has 2 aliphatic heterocycles. The summed E-state index contributed by atoms with van der Waals surface area (Å²) in [5.41, 5.74) is 0. The molecule has 2 saturated heterocycles. The summed E-state index contributed by atoms with van der Waals surface area (Å²) in [5.74, 6) is 0.976. The largest absolute Gasteiger partial charge is 0.372 e. The standard InChI is InChI=1S/C16H31N3O2/c1-13(2)9-17-5-7-18(8-6-17)12-16(20)19-10-14(3)21-15(4)11-19/h13-15H,5-12H2,1-4H3. The summed E-state index contributed by atoms with van der Waals surface area (Å²) in [6, 6.07) is 0. The molecule has 21 heavy (non-hydrogen) atoms. The molecule has 122 valence electrons. The maximum atomic E-state index is 12.4. The first-order valence-corrected chi connectivity index (χ1v) is 8.32. The maximum absolute atomic E-state index is 12.4. The smallest absolute Gasteiger partial charge is 0.236 e. The summed E-state index contributed by atoms with van der Waals surface area (Å²) >= 11 is 0. The molecule has 0 aromatic carbocycles. The molecular weight excluding hydrogens is 266 g/mol. The van der Waals surface area contributed by atoms with Crippen LogP contribution in [0.2, 0.25) is 0 Å². The van der Waals surface area contributed by atoms with Gasteiger partial charge in [0.05, 0.1) is 18.8 Å². The molecule has 0 aromatic heterocycles. The van der Waals surface area contributed by atoms with Crippen molar-refractivity contribution in [3.8, 4) is 0 Å². The molecule has 2 unspecified atom stereocenters. The predicted molar refractivity (Wildman–Crippen MR) is 84.3 cm³/mol. The van der Waals surface area contributed by atoms with E-state index in [2.05, 4.69) is 23.6 Å². The average Bonchev–Trinajstić information content (AvgIpc) is 2.39. The molecule has 2 heterocycles. The third-order valence-corrected chi connectivity index (χ3v) is 4.22. The van der Waals surface area contributed by atoms with Crippen LogP contribution < -0.4 is 0 Å². The summed E-state index contributed by atoms with van der Waals surface area (Å²) in [6.07, 6.45) is 0.307. The number of amides is 1. The minimum Gasteiger partial charge on any atom is -0.372 e. The van der Waals surface area contributed by atoms with E-state index in [1.165, 1.54) is 6.54 Å². The number of hydrogen-bond donors (Lipinski definition) is 0. The number of nitrogens with zero attached hydrogens (tertiary/aromatic N) is 3. The highest BCUT2D eigenvalue weighted by atomic mass is 16.5. The van der Waals surface area contributed by atoms with E-state index in [0.29, 0.717) is 6.54 Å². The molecule has 2 aliphatic rings. The molecular formula is C16H31N3O2. The van der Waals surface area contributed by atoms with Gasteiger partial charge in [0.25, 0.3) is 0 Å². The lowest BCUT2D eigenvalue weighted by molar-refractivity contribution is -0.144. The molecule has 0 aliphatic carbocycles. The lowest BCUT2D eigenvalue weighted by atomic mass is 10.2. The fourth-order valence-electron chi connectivity index (χ4n) is 3.32. The van der Waals surface area contributed by atoms with Crippen molar-refractivity contribution in [1.29, 1.82) is 0 Å². The minimum absolute atomic E-state index is 0.153. The van der Waals surface area contributed by atoms with E-state index < -0.39 is 0 Å². The number of piperazine rings is 1. The van der Waals surface area contributed by atoms with E-state index in [9.17, 15) is 4.79 Å². The Balaban J connectivity index is 1.74. The fourth-order valence-corrected chi connectivity index (χ4v) is 3.32. The van der Waals surface area contributed by atoms with Gasteiger partial charge in [0.15, 0.2) is 0 Å². The maximum Gasteiger partial charge on any atom is 0.236 e. The van der Waals surface area contributed by atoms with Gasteiger partial charge >= 0.3 is 0 Å². The molecule has 0 spiro atoms. The Morgan fingerprint density at radius 3 is 2.10 bits per heavy atom. The average molecular weight is 297 g/mol. The zero-order valence-corrected chi connectivity index (χ0v) is 14.0. The van der Waals surface area contributed by atoms with Crippen molar-refractivity contribution in [2.24, 2.45) is 5.92 Å². The summed E-state index contributed by atoms with van der Waals surface area (Å²) < 4.78 is 5.69. The number of rotatable bonds is 4. The number of carbonyl (C=O) groups excluding carboxylic acids is 1. The van der Waals surface area contributed by atoms with Crippen LogP contribution in [0.25, 0.3) is 0 Å². The van der Waals surface area contributed by atoms with Crippen molar-refractivity contribution in [3.63, 3.8) is 0 Å². The molecule has 0 saturated carbocycles. The van der Waals surface area contributed by atoms with Crippen LogP contribution in [-0.4, -0.2) is 85.2 Å². The van der Waals surface area contributed by atoms with Gasteiger partial charge in [-0.05, 0) is 19.8 Å². The lowest BCUT2D eigenvalue weighted by Crippen LogP contribution is -2.54. The summed E-state index contributed by atoms with van der Waals surface area (Å²) in [4.78, 5) is 19.2. The third-order valence-electron chi connectivity index (χ3n) is 4.22. The zero-order chi connectivity index (χ0) is 15.4. The van der Waals surface area contributed by atoms with Crippen molar-refractivity contribution in [2.75, 3.05) is 52.4 Å². The third kappa shape index (κ3) is 5.24. The van der Waals surface area contributed by atoms with Crippen LogP contribution in [0.15, 0.2) is 0 Å². The molecule has 2 fully saturated rings. The first kappa shape index (κ1) is 16.7. The van der Waals surface area contributed by atoms with E-state index in [1.807, 2.05) is 18.7 Å². The van der Waals surface area contributed by atoms with Crippen molar-refractivity contribution < 1.29 is 9.53 Å². The monoisotopic (exact) mass is 297 g/mol. The van der Waals surface area contributed by atoms with Gasteiger partial charge in [-0.1, -0.05) is 13.8 Å².